The molecule has 0 aromatic carbocycles. The van der Waals surface area contributed by atoms with Crippen LogP contribution in [0.15, 0.2) is 0 Å². The van der Waals surface area contributed by atoms with Crippen LogP contribution in [-0.2, 0) is 4.79 Å². The molecule has 3 aliphatic rings. The lowest BCUT2D eigenvalue weighted by molar-refractivity contribution is -0.201. The van der Waals surface area contributed by atoms with Gasteiger partial charge in [0.25, 0.3) is 0 Å². The van der Waals surface area contributed by atoms with Crippen LogP contribution in [0.4, 0.5) is 13.2 Å². The molecule has 0 spiro atoms. The average molecular weight is 304 g/mol. The average Bonchev–Trinajstić information content (AvgIpc) is 2.97. The Morgan fingerprint density at radius 1 is 1.19 bits per heavy atom. The first-order chi connectivity index (χ1) is 9.89. The number of alkyl halides is 3. The van der Waals surface area contributed by atoms with Crippen molar-refractivity contribution in [3.63, 3.8) is 0 Å². The van der Waals surface area contributed by atoms with Gasteiger partial charge in [-0.15, -0.1) is 0 Å². The monoisotopic (exact) mass is 304 g/mol. The molecule has 1 saturated carbocycles. The summed E-state index contributed by atoms with van der Waals surface area (Å²) in [7, 11) is 0. The number of carbonyl (C=O) groups is 1. The van der Waals surface area contributed by atoms with E-state index in [1.54, 1.807) is 4.90 Å². The molecule has 2 aliphatic heterocycles. The summed E-state index contributed by atoms with van der Waals surface area (Å²) >= 11 is 0. The Kier molecular flexibility index (Phi) is 3.93. The van der Waals surface area contributed by atoms with Gasteiger partial charge in [0, 0.05) is 31.1 Å². The second kappa shape index (κ2) is 5.45. The molecule has 3 rings (SSSR count). The van der Waals surface area contributed by atoms with E-state index in [-0.39, 0.29) is 24.4 Å². The van der Waals surface area contributed by atoms with Crippen molar-refractivity contribution in [2.75, 3.05) is 13.1 Å². The number of fused-ring (bicyclic) bond motifs is 1. The summed E-state index contributed by atoms with van der Waals surface area (Å²) in [6.07, 6.45) is -1.54. The second-order valence-corrected chi connectivity index (χ2v) is 6.85. The van der Waals surface area contributed by atoms with Crippen molar-refractivity contribution in [1.29, 1.82) is 0 Å². The molecule has 0 radical (unpaired) electrons. The summed E-state index contributed by atoms with van der Waals surface area (Å²) in [4.78, 5) is 14.6. The Morgan fingerprint density at radius 2 is 1.90 bits per heavy atom. The molecule has 3 fully saturated rings. The highest BCUT2D eigenvalue weighted by Crippen LogP contribution is 2.44. The van der Waals surface area contributed by atoms with Crippen molar-refractivity contribution >= 4 is 5.91 Å². The molecule has 0 aromatic rings. The summed E-state index contributed by atoms with van der Waals surface area (Å²) in [5.41, 5.74) is 0. The maximum atomic E-state index is 13.2. The van der Waals surface area contributed by atoms with Gasteiger partial charge in [-0.1, -0.05) is 12.8 Å². The predicted octanol–water partition coefficient (Wildman–Crippen LogP) is 2.56. The fourth-order valence-corrected chi connectivity index (χ4v) is 4.55. The fourth-order valence-electron chi connectivity index (χ4n) is 4.55. The number of hydrogen-bond donors (Lipinski definition) is 1. The van der Waals surface area contributed by atoms with Crippen molar-refractivity contribution in [2.24, 2.45) is 17.8 Å². The van der Waals surface area contributed by atoms with Crippen LogP contribution in [0.3, 0.4) is 0 Å². The molecule has 6 heteroatoms. The van der Waals surface area contributed by atoms with Gasteiger partial charge in [0.1, 0.15) is 0 Å². The highest BCUT2D eigenvalue weighted by Gasteiger charge is 2.52. The number of nitrogens with one attached hydrogen (secondary N) is 1. The van der Waals surface area contributed by atoms with Crippen LogP contribution in [0.5, 0.6) is 0 Å². The highest BCUT2D eigenvalue weighted by atomic mass is 19.4. The van der Waals surface area contributed by atoms with E-state index in [1.165, 1.54) is 0 Å². The molecule has 21 heavy (non-hydrogen) atoms. The topological polar surface area (TPSA) is 32.3 Å². The number of likely N-dealkylation sites (tertiary alicyclic amines) is 1. The van der Waals surface area contributed by atoms with Crippen LogP contribution in [0.2, 0.25) is 0 Å². The van der Waals surface area contributed by atoms with Gasteiger partial charge < -0.3 is 10.2 Å². The lowest BCUT2D eigenvalue weighted by Crippen LogP contribution is -2.50. The molecular formula is C15H23F3N2O. The summed E-state index contributed by atoms with van der Waals surface area (Å²) in [6, 6.07) is 0.175. The molecule has 2 heterocycles. The van der Waals surface area contributed by atoms with Gasteiger partial charge in [0.05, 0.1) is 5.92 Å². The number of amides is 1. The van der Waals surface area contributed by atoms with Gasteiger partial charge in [-0.05, 0) is 32.1 Å². The lowest BCUT2D eigenvalue weighted by Gasteiger charge is -2.37. The Morgan fingerprint density at radius 3 is 2.62 bits per heavy atom. The van der Waals surface area contributed by atoms with E-state index in [2.05, 4.69) is 5.32 Å². The zero-order chi connectivity index (χ0) is 15.2. The third-order valence-corrected chi connectivity index (χ3v) is 5.54. The van der Waals surface area contributed by atoms with Gasteiger partial charge in [-0.3, -0.25) is 4.79 Å². The molecule has 0 aromatic heterocycles. The molecule has 120 valence electrons. The molecule has 1 aliphatic carbocycles. The lowest BCUT2D eigenvalue weighted by atomic mass is 9.77. The summed E-state index contributed by atoms with van der Waals surface area (Å²) in [5, 5.41) is 3.26. The first kappa shape index (κ1) is 15.1. The van der Waals surface area contributed by atoms with Gasteiger partial charge in [0.15, 0.2) is 0 Å². The molecular weight excluding hydrogens is 281 g/mol. The van der Waals surface area contributed by atoms with Crippen LogP contribution in [0.25, 0.3) is 0 Å². The normalized spacial score (nSPS) is 40.4. The van der Waals surface area contributed by atoms with Crippen molar-refractivity contribution in [1.82, 2.24) is 10.2 Å². The quantitative estimate of drug-likeness (QED) is 0.807. The summed E-state index contributed by atoms with van der Waals surface area (Å²) in [6.45, 7) is 3.58. The van der Waals surface area contributed by atoms with E-state index >= 15 is 0 Å². The fraction of sp³-hybridized carbons (Fsp3) is 0.933. The minimum Gasteiger partial charge on any atom is -0.335 e. The predicted molar refractivity (Wildman–Crippen MR) is 72.6 cm³/mol. The Bertz CT molecular complexity index is 412. The molecule has 1 amide bonds. The molecule has 0 bridgehead atoms. The maximum absolute atomic E-state index is 13.2. The third-order valence-electron chi connectivity index (χ3n) is 5.54. The zero-order valence-corrected chi connectivity index (χ0v) is 12.3. The van der Waals surface area contributed by atoms with E-state index in [0.717, 1.165) is 25.9 Å². The minimum absolute atomic E-state index is 0.0745. The number of halogens is 3. The van der Waals surface area contributed by atoms with E-state index < -0.39 is 18.0 Å². The number of carbonyl (C=O) groups excluding carboxylic acids is 1. The standard InChI is InChI=1S/C15H23F3N2O/c1-9-6-10-7-19-8-13(10)20(9)14(21)11-4-2-3-5-12(11)15(16,17)18/h9-13,19H,2-8H2,1H3. The first-order valence-corrected chi connectivity index (χ1v) is 7.99. The third kappa shape index (κ3) is 2.67. The smallest absolute Gasteiger partial charge is 0.335 e. The van der Waals surface area contributed by atoms with Crippen molar-refractivity contribution in [2.45, 2.75) is 57.3 Å². The number of hydrogen-bond acceptors (Lipinski definition) is 2. The molecule has 5 unspecified atom stereocenters. The van der Waals surface area contributed by atoms with Gasteiger partial charge in [0.2, 0.25) is 5.91 Å². The van der Waals surface area contributed by atoms with Crippen LogP contribution >= 0.6 is 0 Å². The Labute approximate surface area is 123 Å². The van der Waals surface area contributed by atoms with Gasteiger partial charge >= 0.3 is 6.18 Å². The Hall–Kier alpha value is -0.780. The van der Waals surface area contributed by atoms with Gasteiger partial charge in [-0.2, -0.15) is 13.2 Å². The number of rotatable bonds is 1. The number of nitrogens with zero attached hydrogens (tertiary/aromatic N) is 1. The van der Waals surface area contributed by atoms with Crippen LogP contribution in [0, 0.1) is 17.8 Å². The minimum atomic E-state index is -4.25. The Balaban J connectivity index is 1.79. The largest absolute Gasteiger partial charge is 0.392 e. The van der Waals surface area contributed by atoms with Crippen molar-refractivity contribution in [3.8, 4) is 0 Å². The van der Waals surface area contributed by atoms with E-state index in [9.17, 15) is 18.0 Å². The molecule has 3 nitrogen and oxygen atoms in total. The summed E-state index contributed by atoms with van der Waals surface area (Å²) in [5.74, 6) is -2.14. The van der Waals surface area contributed by atoms with E-state index in [1.807, 2.05) is 6.92 Å². The second-order valence-electron chi connectivity index (χ2n) is 6.85. The molecule has 1 N–H and O–H groups in total. The zero-order valence-electron chi connectivity index (χ0n) is 12.3. The first-order valence-electron chi connectivity index (χ1n) is 7.99. The SMILES string of the molecule is CC1CC2CNCC2N1C(=O)C1CCCCC1C(F)(F)F. The molecule has 5 atom stereocenters. The van der Waals surface area contributed by atoms with Crippen molar-refractivity contribution < 1.29 is 18.0 Å². The van der Waals surface area contributed by atoms with Crippen LogP contribution in [0.1, 0.15) is 39.0 Å². The maximum Gasteiger partial charge on any atom is 0.392 e. The van der Waals surface area contributed by atoms with E-state index in [4.69, 9.17) is 0 Å². The van der Waals surface area contributed by atoms with Gasteiger partial charge in [-0.25, -0.2) is 0 Å². The van der Waals surface area contributed by atoms with Crippen molar-refractivity contribution in [3.05, 3.63) is 0 Å². The molecule has 2 saturated heterocycles. The highest BCUT2D eigenvalue weighted by molar-refractivity contribution is 5.80. The van der Waals surface area contributed by atoms with Crippen LogP contribution in [-0.4, -0.2) is 42.2 Å². The van der Waals surface area contributed by atoms with E-state index in [0.29, 0.717) is 18.8 Å². The summed E-state index contributed by atoms with van der Waals surface area (Å²) < 4.78 is 39.7. The van der Waals surface area contributed by atoms with Crippen LogP contribution < -0.4 is 5.32 Å².